The summed E-state index contributed by atoms with van der Waals surface area (Å²) < 4.78 is 1.59. The third-order valence-electron chi connectivity index (χ3n) is 4.58. The number of carbonyl (C=O) groups excluding carboxylic acids is 1. The van der Waals surface area contributed by atoms with Crippen LogP contribution < -0.4 is 5.56 Å². The zero-order valence-electron chi connectivity index (χ0n) is 15.4. The topological polar surface area (TPSA) is 67.8 Å². The third kappa shape index (κ3) is 3.51. The minimum Gasteiger partial charge on any atom is -0.359 e. The van der Waals surface area contributed by atoms with Crippen LogP contribution in [0.4, 0.5) is 0 Å². The summed E-state index contributed by atoms with van der Waals surface area (Å²) in [7, 11) is 0. The smallest absolute Gasteiger partial charge is 0.266 e. The second-order valence-electron chi connectivity index (χ2n) is 6.37. The number of benzene rings is 2. The van der Waals surface area contributed by atoms with Crippen molar-refractivity contribution < 1.29 is 4.79 Å². The van der Waals surface area contributed by atoms with Gasteiger partial charge in [0, 0.05) is 6.20 Å². The molecule has 2 heterocycles. The SMILES string of the molecule is CCc1ccc(-n2c(SCC(=O)c3ccc[nH]3)nc3ccccc3c2=O)cc1. The Bertz CT molecular complexity index is 1180. The van der Waals surface area contributed by atoms with E-state index in [2.05, 4.69) is 16.9 Å². The fourth-order valence-electron chi connectivity index (χ4n) is 3.03. The molecule has 2 aromatic carbocycles. The number of hydrogen-bond acceptors (Lipinski definition) is 4. The predicted octanol–water partition coefficient (Wildman–Crippen LogP) is 4.25. The van der Waals surface area contributed by atoms with Crippen LogP contribution >= 0.6 is 11.8 Å². The molecule has 2 aromatic heterocycles. The van der Waals surface area contributed by atoms with Gasteiger partial charge in [-0.05, 0) is 48.4 Å². The van der Waals surface area contributed by atoms with E-state index in [4.69, 9.17) is 0 Å². The molecule has 1 N–H and O–H groups in total. The maximum atomic E-state index is 13.2. The molecule has 0 bridgehead atoms. The van der Waals surface area contributed by atoms with Gasteiger partial charge in [-0.25, -0.2) is 4.98 Å². The summed E-state index contributed by atoms with van der Waals surface area (Å²) in [4.78, 5) is 33.2. The summed E-state index contributed by atoms with van der Waals surface area (Å²) in [6.45, 7) is 2.09. The van der Waals surface area contributed by atoms with Crippen LogP contribution in [0, 0.1) is 0 Å². The van der Waals surface area contributed by atoms with Gasteiger partial charge in [-0.1, -0.05) is 43.0 Å². The molecule has 0 unspecified atom stereocenters. The number of carbonyl (C=O) groups is 1. The minimum absolute atomic E-state index is 0.0368. The van der Waals surface area contributed by atoms with Gasteiger partial charge in [0.15, 0.2) is 10.9 Å². The highest BCUT2D eigenvalue weighted by atomic mass is 32.2. The maximum Gasteiger partial charge on any atom is 0.266 e. The van der Waals surface area contributed by atoms with E-state index >= 15 is 0 Å². The average Bonchev–Trinajstić information content (AvgIpc) is 3.27. The molecule has 4 aromatic rings. The monoisotopic (exact) mass is 389 g/mol. The van der Waals surface area contributed by atoms with Crippen LogP contribution in [0.15, 0.2) is 76.8 Å². The second-order valence-corrected chi connectivity index (χ2v) is 7.31. The van der Waals surface area contributed by atoms with E-state index in [9.17, 15) is 9.59 Å². The fraction of sp³-hybridized carbons (Fsp3) is 0.136. The van der Waals surface area contributed by atoms with Crippen molar-refractivity contribution >= 4 is 28.4 Å². The Hall–Kier alpha value is -3.12. The lowest BCUT2D eigenvalue weighted by atomic mass is 10.1. The van der Waals surface area contributed by atoms with Crippen molar-refractivity contribution in [3.63, 3.8) is 0 Å². The van der Waals surface area contributed by atoms with Crippen LogP contribution in [0.1, 0.15) is 23.0 Å². The zero-order valence-corrected chi connectivity index (χ0v) is 16.2. The Labute approximate surface area is 166 Å². The molecule has 5 nitrogen and oxygen atoms in total. The number of aryl methyl sites for hydroxylation is 1. The molecule has 0 aliphatic heterocycles. The highest BCUT2D eigenvalue weighted by Crippen LogP contribution is 2.22. The molecular formula is C22H19N3O2S. The van der Waals surface area contributed by atoms with Crippen molar-refractivity contribution in [3.8, 4) is 5.69 Å². The Morgan fingerprint density at radius 1 is 1.07 bits per heavy atom. The Kier molecular flexibility index (Phi) is 5.12. The molecule has 140 valence electrons. The number of thioether (sulfide) groups is 1. The number of rotatable bonds is 6. The number of Topliss-reactive ketones (excluding diaryl/α,β-unsaturated/α-hetero) is 1. The van der Waals surface area contributed by atoms with Crippen LogP contribution in [0.3, 0.4) is 0 Å². The van der Waals surface area contributed by atoms with Crippen LogP contribution in [0.2, 0.25) is 0 Å². The Balaban J connectivity index is 1.78. The predicted molar refractivity (Wildman–Crippen MR) is 113 cm³/mol. The highest BCUT2D eigenvalue weighted by Gasteiger charge is 2.15. The first-order valence-corrected chi connectivity index (χ1v) is 10.1. The van der Waals surface area contributed by atoms with Gasteiger partial charge in [-0.3, -0.25) is 14.2 Å². The maximum absolute atomic E-state index is 13.2. The molecule has 4 rings (SSSR count). The fourth-order valence-corrected chi connectivity index (χ4v) is 3.93. The number of aromatic amines is 1. The molecule has 6 heteroatoms. The lowest BCUT2D eigenvalue weighted by molar-refractivity contribution is 0.101. The quantitative estimate of drug-likeness (QED) is 0.304. The summed E-state index contributed by atoms with van der Waals surface area (Å²) in [5, 5.41) is 1.06. The van der Waals surface area contributed by atoms with Crippen LogP contribution in [-0.4, -0.2) is 26.1 Å². The molecule has 28 heavy (non-hydrogen) atoms. The highest BCUT2D eigenvalue weighted by molar-refractivity contribution is 7.99. The van der Waals surface area contributed by atoms with Crippen LogP contribution in [-0.2, 0) is 6.42 Å². The van der Waals surface area contributed by atoms with Gasteiger partial charge >= 0.3 is 0 Å². The van der Waals surface area contributed by atoms with E-state index in [1.54, 1.807) is 29.0 Å². The Morgan fingerprint density at radius 2 is 1.86 bits per heavy atom. The molecule has 0 spiro atoms. The summed E-state index contributed by atoms with van der Waals surface area (Å²) in [5.74, 6) is 0.156. The number of nitrogens with zero attached hydrogens (tertiary/aromatic N) is 2. The van der Waals surface area contributed by atoms with Crippen molar-refractivity contribution in [1.29, 1.82) is 0 Å². The second kappa shape index (κ2) is 7.86. The average molecular weight is 389 g/mol. The van der Waals surface area contributed by atoms with E-state index in [-0.39, 0.29) is 17.1 Å². The lowest BCUT2D eigenvalue weighted by Crippen LogP contribution is -2.22. The van der Waals surface area contributed by atoms with Crippen molar-refractivity contribution in [2.75, 3.05) is 5.75 Å². The first-order chi connectivity index (χ1) is 13.7. The molecule has 0 aliphatic rings. The van der Waals surface area contributed by atoms with Crippen molar-refractivity contribution in [1.82, 2.24) is 14.5 Å². The van der Waals surface area contributed by atoms with Gasteiger partial charge in [0.25, 0.3) is 5.56 Å². The number of para-hydroxylation sites is 1. The normalized spacial score (nSPS) is 11.0. The summed E-state index contributed by atoms with van der Waals surface area (Å²) in [5.41, 5.74) is 2.99. The van der Waals surface area contributed by atoms with Gasteiger partial charge in [-0.15, -0.1) is 0 Å². The summed E-state index contributed by atoms with van der Waals surface area (Å²) >= 11 is 1.27. The van der Waals surface area contributed by atoms with E-state index in [1.807, 2.05) is 42.5 Å². The molecule has 0 saturated carbocycles. The van der Waals surface area contributed by atoms with Crippen molar-refractivity contribution in [2.45, 2.75) is 18.5 Å². The summed E-state index contributed by atoms with van der Waals surface area (Å²) in [6, 6.07) is 18.7. The van der Waals surface area contributed by atoms with Gasteiger partial charge < -0.3 is 4.98 Å². The first kappa shape index (κ1) is 18.3. The molecule has 0 atom stereocenters. The largest absolute Gasteiger partial charge is 0.359 e. The van der Waals surface area contributed by atoms with Gasteiger partial charge in [0.05, 0.1) is 28.0 Å². The van der Waals surface area contributed by atoms with Gasteiger partial charge in [0.2, 0.25) is 0 Å². The van der Waals surface area contributed by atoms with Gasteiger partial charge in [0.1, 0.15) is 0 Å². The van der Waals surface area contributed by atoms with E-state index in [0.717, 1.165) is 12.1 Å². The first-order valence-electron chi connectivity index (χ1n) is 9.08. The number of fused-ring (bicyclic) bond motifs is 1. The molecule has 0 amide bonds. The van der Waals surface area contributed by atoms with Crippen LogP contribution in [0.5, 0.6) is 0 Å². The van der Waals surface area contributed by atoms with Crippen LogP contribution in [0.25, 0.3) is 16.6 Å². The molecular weight excluding hydrogens is 370 g/mol. The molecule has 0 aliphatic carbocycles. The molecule has 0 fully saturated rings. The molecule has 0 saturated heterocycles. The standard InChI is InChI=1S/C22H19N3O2S/c1-2-15-9-11-16(12-10-15)25-21(27)17-6-3-4-7-18(17)24-22(25)28-14-20(26)19-8-5-13-23-19/h3-13,23H,2,14H2,1H3. The number of ketones is 1. The summed E-state index contributed by atoms with van der Waals surface area (Å²) in [6.07, 6.45) is 2.65. The van der Waals surface area contributed by atoms with E-state index in [0.29, 0.717) is 21.8 Å². The van der Waals surface area contributed by atoms with E-state index in [1.165, 1.54) is 17.3 Å². The minimum atomic E-state index is -0.135. The third-order valence-corrected chi connectivity index (χ3v) is 5.52. The Morgan fingerprint density at radius 3 is 2.57 bits per heavy atom. The van der Waals surface area contributed by atoms with Crippen molar-refractivity contribution in [3.05, 3.63) is 88.5 Å². The lowest BCUT2D eigenvalue weighted by Gasteiger charge is -2.13. The number of nitrogens with one attached hydrogen (secondary N) is 1. The van der Waals surface area contributed by atoms with E-state index < -0.39 is 0 Å². The number of aromatic nitrogens is 3. The number of H-pyrrole nitrogens is 1. The van der Waals surface area contributed by atoms with Crippen molar-refractivity contribution in [2.24, 2.45) is 0 Å². The molecule has 0 radical (unpaired) electrons. The number of hydrogen-bond donors (Lipinski definition) is 1. The van der Waals surface area contributed by atoms with Gasteiger partial charge in [-0.2, -0.15) is 0 Å². The zero-order chi connectivity index (χ0) is 19.5.